The van der Waals surface area contributed by atoms with Gasteiger partial charge in [-0.25, -0.2) is 14.6 Å². The monoisotopic (exact) mass is 282 g/mol. The van der Waals surface area contributed by atoms with Crippen molar-refractivity contribution < 1.29 is 9.90 Å². The van der Waals surface area contributed by atoms with E-state index >= 15 is 0 Å². The number of aryl methyl sites for hydroxylation is 1. The lowest BCUT2D eigenvalue weighted by molar-refractivity contribution is -0.136. The number of hydrogen-bond donors (Lipinski definition) is 1. The number of nitrogens with zero attached hydrogens (tertiary/aromatic N) is 4. The minimum Gasteiger partial charge on any atom is -0.481 e. The van der Waals surface area contributed by atoms with Crippen LogP contribution in [0.15, 0.2) is 30.6 Å². The van der Waals surface area contributed by atoms with Crippen LogP contribution in [0.2, 0.25) is 0 Å². The number of para-hydroxylation sites is 1. The third kappa shape index (κ3) is 2.24. The van der Waals surface area contributed by atoms with Crippen molar-refractivity contribution in [3.8, 4) is 5.82 Å². The molecule has 0 saturated heterocycles. The zero-order chi connectivity index (χ0) is 15.0. The van der Waals surface area contributed by atoms with E-state index in [4.69, 9.17) is 5.11 Å². The van der Waals surface area contributed by atoms with Gasteiger partial charge in [0.25, 0.3) is 0 Å². The highest BCUT2D eigenvalue weighted by Crippen LogP contribution is 2.22. The molecular weight excluding hydrogens is 268 g/mol. The lowest BCUT2D eigenvalue weighted by atomic mass is 10.1. The fourth-order valence-corrected chi connectivity index (χ4v) is 2.45. The van der Waals surface area contributed by atoms with Crippen LogP contribution < -0.4 is 0 Å². The van der Waals surface area contributed by atoms with Crippen LogP contribution in [-0.4, -0.2) is 30.8 Å². The second-order valence-corrected chi connectivity index (χ2v) is 4.85. The number of benzene rings is 1. The summed E-state index contributed by atoms with van der Waals surface area (Å²) in [4.78, 5) is 19.5. The van der Waals surface area contributed by atoms with E-state index in [1.54, 1.807) is 4.68 Å². The lowest BCUT2D eigenvalue weighted by Crippen LogP contribution is -2.05. The maximum atomic E-state index is 11.0. The first-order chi connectivity index (χ1) is 10.1. The van der Waals surface area contributed by atoms with Gasteiger partial charge in [-0.05, 0) is 26.0 Å². The van der Waals surface area contributed by atoms with E-state index in [0.717, 1.165) is 22.2 Å². The Bertz CT molecular complexity index is 834. The third-order valence-electron chi connectivity index (χ3n) is 3.49. The number of fused-ring (bicyclic) bond motifs is 1. The van der Waals surface area contributed by atoms with Gasteiger partial charge in [-0.15, -0.1) is 0 Å². The highest BCUT2D eigenvalue weighted by atomic mass is 16.4. The van der Waals surface area contributed by atoms with Crippen molar-refractivity contribution in [2.24, 2.45) is 0 Å². The summed E-state index contributed by atoms with van der Waals surface area (Å²) < 4.78 is 1.69. The Morgan fingerprint density at radius 1 is 1.24 bits per heavy atom. The normalized spacial score (nSPS) is 11.0. The summed E-state index contributed by atoms with van der Waals surface area (Å²) in [5, 5.41) is 14.3. The van der Waals surface area contributed by atoms with Gasteiger partial charge in [0.15, 0.2) is 5.82 Å². The summed E-state index contributed by atoms with van der Waals surface area (Å²) in [7, 11) is 0. The third-order valence-corrected chi connectivity index (χ3v) is 3.49. The first-order valence-corrected chi connectivity index (χ1v) is 6.55. The number of rotatable bonds is 3. The molecule has 21 heavy (non-hydrogen) atoms. The van der Waals surface area contributed by atoms with Crippen molar-refractivity contribution in [3.05, 3.63) is 47.5 Å². The Kier molecular flexibility index (Phi) is 3.13. The zero-order valence-corrected chi connectivity index (χ0v) is 11.7. The fraction of sp³-hybridized carbons (Fsp3) is 0.200. The van der Waals surface area contributed by atoms with Crippen molar-refractivity contribution >= 4 is 16.9 Å². The van der Waals surface area contributed by atoms with E-state index < -0.39 is 5.97 Å². The molecular formula is C15H14N4O2. The smallest absolute Gasteiger partial charge is 0.307 e. The van der Waals surface area contributed by atoms with Crippen molar-refractivity contribution in [3.63, 3.8) is 0 Å². The van der Waals surface area contributed by atoms with Crippen LogP contribution in [-0.2, 0) is 11.2 Å². The Morgan fingerprint density at radius 3 is 2.76 bits per heavy atom. The highest BCUT2D eigenvalue weighted by Gasteiger charge is 2.17. The zero-order valence-electron chi connectivity index (χ0n) is 11.7. The van der Waals surface area contributed by atoms with E-state index in [1.807, 2.05) is 38.1 Å². The molecule has 0 spiro atoms. The number of hydrogen-bond acceptors (Lipinski definition) is 4. The van der Waals surface area contributed by atoms with Crippen LogP contribution in [0.5, 0.6) is 0 Å². The van der Waals surface area contributed by atoms with Gasteiger partial charge in [-0.2, -0.15) is 5.10 Å². The lowest BCUT2D eigenvalue weighted by Gasteiger charge is -2.07. The Labute approximate surface area is 121 Å². The van der Waals surface area contributed by atoms with E-state index in [2.05, 4.69) is 15.1 Å². The summed E-state index contributed by atoms with van der Waals surface area (Å²) >= 11 is 0. The first-order valence-electron chi connectivity index (χ1n) is 6.55. The molecule has 0 aliphatic heterocycles. The Morgan fingerprint density at radius 2 is 2.00 bits per heavy atom. The molecule has 0 aliphatic carbocycles. The number of carboxylic acids is 1. The molecule has 0 amide bonds. The summed E-state index contributed by atoms with van der Waals surface area (Å²) in [5.41, 5.74) is 3.05. The predicted molar refractivity (Wildman–Crippen MR) is 77.5 cm³/mol. The summed E-state index contributed by atoms with van der Waals surface area (Å²) in [6, 6.07) is 7.66. The summed E-state index contributed by atoms with van der Waals surface area (Å²) in [5.74, 6) is -0.203. The molecule has 2 heterocycles. The molecule has 0 saturated carbocycles. The van der Waals surface area contributed by atoms with E-state index in [9.17, 15) is 4.79 Å². The number of carboxylic acid groups (broad SMARTS) is 1. The van der Waals surface area contributed by atoms with Crippen LogP contribution in [0.25, 0.3) is 16.7 Å². The second-order valence-electron chi connectivity index (χ2n) is 4.85. The largest absolute Gasteiger partial charge is 0.481 e. The maximum absolute atomic E-state index is 11.0. The summed E-state index contributed by atoms with van der Waals surface area (Å²) in [6.45, 7) is 3.67. The molecule has 1 aromatic carbocycles. The van der Waals surface area contributed by atoms with Gasteiger partial charge < -0.3 is 5.11 Å². The van der Waals surface area contributed by atoms with Crippen LogP contribution in [0.3, 0.4) is 0 Å². The molecule has 0 unspecified atom stereocenters. The van der Waals surface area contributed by atoms with Crippen molar-refractivity contribution in [1.29, 1.82) is 0 Å². The van der Waals surface area contributed by atoms with Gasteiger partial charge in [-0.3, -0.25) is 4.79 Å². The quantitative estimate of drug-likeness (QED) is 0.795. The molecule has 2 aromatic heterocycles. The van der Waals surface area contributed by atoms with Crippen LogP contribution >= 0.6 is 0 Å². The number of aromatic nitrogens is 4. The Balaban J connectivity index is 2.22. The van der Waals surface area contributed by atoms with Crippen LogP contribution in [0, 0.1) is 13.8 Å². The molecule has 3 rings (SSSR count). The van der Waals surface area contributed by atoms with E-state index in [1.165, 1.54) is 6.33 Å². The molecule has 6 nitrogen and oxygen atoms in total. The topological polar surface area (TPSA) is 80.9 Å². The van der Waals surface area contributed by atoms with E-state index in [0.29, 0.717) is 11.5 Å². The van der Waals surface area contributed by atoms with Gasteiger partial charge in [-0.1, -0.05) is 12.1 Å². The maximum Gasteiger partial charge on any atom is 0.307 e. The molecule has 0 aliphatic rings. The van der Waals surface area contributed by atoms with Crippen molar-refractivity contribution in [2.45, 2.75) is 20.3 Å². The SMILES string of the molecule is Cc1nn(-c2ncnc3ccccc23)c(C)c1CC(=O)O. The number of carbonyl (C=O) groups is 1. The number of aliphatic carboxylic acids is 1. The molecule has 1 N–H and O–H groups in total. The average Bonchev–Trinajstić information content (AvgIpc) is 2.74. The molecule has 0 radical (unpaired) electrons. The van der Waals surface area contributed by atoms with Crippen molar-refractivity contribution in [1.82, 2.24) is 19.7 Å². The second kappa shape index (κ2) is 4.97. The minimum absolute atomic E-state index is 0.0410. The standard InChI is InChI=1S/C15H14N4O2/c1-9-12(7-14(20)21)10(2)19(18-9)15-11-5-3-4-6-13(11)16-8-17-15/h3-6,8H,7H2,1-2H3,(H,20,21). The highest BCUT2D eigenvalue weighted by molar-refractivity contribution is 5.85. The van der Waals surface area contributed by atoms with Gasteiger partial charge in [0, 0.05) is 16.6 Å². The molecule has 3 aromatic rings. The molecule has 0 atom stereocenters. The molecule has 0 fully saturated rings. The van der Waals surface area contributed by atoms with Gasteiger partial charge in [0.05, 0.1) is 17.6 Å². The Hall–Kier alpha value is -2.76. The van der Waals surface area contributed by atoms with Gasteiger partial charge in [0.1, 0.15) is 6.33 Å². The van der Waals surface area contributed by atoms with Gasteiger partial charge in [0.2, 0.25) is 0 Å². The minimum atomic E-state index is -0.867. The summed E-state index contributed by atoms with van der Waals surface area (Å²) in [6.07, 6.45) is 1.45. The van der Waals surface area contributed by atoms with Crippen LogP contribution in [0.1, 0.15) is 17.0 Å². The van der Waals surface area contributed by atoms with Crippen LogP contribution in [0.4, 0.5) is 0 Å². The van der Waals surface area contributed by atoms with Crippen molar-refractivity contribution in [2.75, 3.05) is 0 Å². The molecule has 106 valence electrons. The molecule has 6 heteroatoms. The van der Waals surface area contributed by atoms with E-state index in [-0.39, 0.29) is 6.42 Å². The predicted octanol–water partition coefficient (Wildman–Crippen LogP) is 2.06. The average molecular weight is 282 g/mol. The fourth-order valence-electron chi connectivity index (χ4n) is 2.45. The molecule has 0 bridgehead atoms. The van der Waals surface area contributed by atoms with Gasteiger partial charge >= 0.3 is 5.97 Å². The first kappa shape index (κ1) is 13.2.